The van der Waals surface area contributed by atoms with Crippen LogP contribution in [0.15, 0.2) is 48.5 Å². The molecule has 0 saturated heterocycles. The van der Waals surface area contributed by atoms with E-state index in [2.05, 4.69) is 0 Å². The second-order valence-electron chi connectivity index (χ2n) is 4.88. The summed E-state index contributed by atoms with van der Waals surface area (Å²) < 4.78 is 5.41. The molecule has 0 aromatic heterocycles. The molecule has 0 fully saturated rings. The predicted molar refractivity (Wildman–Crippen MR) is 81.9 cm³/mol. The second-order valence-corrected chi connectivity index (χ2v) is 4.88. The first-order valence-corrected chi connectivity index (χ1v) is 6.95. The van der Waals surface area contributed by atoms with Gasteiger partial charge < -0.3 is 20.1 Å². The van der Waals surface area contributed by atoms with Crippen LogP contribution in [-0.2, 0) is 0 Å². The molecule has 0 heterocycles. The summed E-state index contributed by atoms with van der Waals surface area (Å²) in [6.07, 6.45) is -0.360. The lowest BCUT2D eigenvalue weighted by Crippen LogP contribution is -2.09. The summed E-state index contributed by atoms with van der Waals surface area (Å²) in [5.74, 6) is -2.40. The number of carbonyl (C=O) groups is 2. The summed E-state index contributed by atoms with van der Waals surface area (Å²) in [4.78, 5) is 22.0. The quantitative estimate of drug-likeness (QED) is 0.725. The summed E-state index contributed by atoms with van der Waals surface area (Å²) in [7, 11) is 0. The lowest BCUT2D eigenvalue weighted by atomic mass is 10.1. The Labute approximate surface area is 132 Å². The van der Waals surface area contributed by atoms with E-state index in [0.717, 1.165) is 5.56 Å². The summed E-state index contributed by atoms with van der Waals surface area (Å²) in [6.45, 7) is 0.168. The Morgan fingerprint density at radius 1 is 0.957 bits per heavy atom. The van der Waals surface area contributed by atoms with Crippen LogP contribution in [0.3, 0.4) is 0 Å². The van der Waals surface area contributed by atoms with Gasteiger partial charge in [0.25, 0.3) is 0 Å². The molecule has 0 aliphatic rings. The third-order valence-corrected chi connectivity index (χ3v) is 3.30. The summed E-state index contributed by atoms with van der Waals surface area (Å²) in [5, 5.41) is 28.0. The molecule has 6 nitrogen and oxygen atoms in total. The lowest BCUT2D eigenvalue weighted by molar-refractivity contribution is 0.0651. The van der Waals surface area contributed by atoms with Gasteiger partial charge >= 0.3 is 11.9 Å². The Balaban J connectivity index is 2.00. The minimum atomic E-state index is -1.34. The molecule has 0 saturated carbocycles. The highest BCUT2D eigenvalue weighted by atomic mass is 16.5. The minimum absolute atomic E-state index is 0.168. The highest BCUT2D eigenvalue weighted by Gasteiger charge is 2.17. The van der Waals surface area contributed by atoms with Crippen LogP contribution in [-0.4, -0.2) is 33.9 Å². The molecule has 3 N–H and O–H groups in total. The molecule has 0 bridgehead atoms. The maximum Gasteiger partial charge on any atom is 0.336 e. The summed E-state index contributed by atoms with van der Waals surface area (Å²) in [6, 6.07) is 12.8. The number of rotatable bonds is 7. The summed E-state index contributed by atoms with van der Waals surface area (Å²) in [5.41, 5.74) is 0.135. The van der Waals surface area contributed by atoms with Gasteiger partial charge in [-0.15, -0.1) is 0 Å². The van der Waals surface area contributed by atoms with Crippen LogP contribution in [0.1, 0.15) is 38.8 Å². The van der Waals surface area contributed by atoms with Gasteiger partial charge in [-0.05, 0) is 23.8 Å². The van der Waals surface area contributed by atoms with Crippen LogP contribution in [0, 0.1) is 0 Å². The van der Waals surface area contributed by atoms with Gasteiger partial charge in [0, 0.05) is 6.42 Å². The van der Waals surface area contributed by atoms with E-state index in [1.807, 2.05) is 18.2 Å². The van der Waals surface area contributed by atoms with E-state index in [1.165, 1.54) is 18.2 Å². The van der Waals surface area contributed by atoms with E-state index in [1.54, 1.807) is 12.1 Å². The van der Waals surface area contributed by atoms with Crippen LogP contribution in [0.2, 0.25) is 0 Å². The molecular formula is C17H16O6. The van der Waals surface area contributed by atoms with E-state index in [9.17, 15) is 14.7 Å². The smallest absolute Gasteiger partial charge is 0.336 e. The van der Waals surface area contributed by atoms with Crippen molar-refractivity contribution in [1.29, 1.82) is 0 Å². The third kappa shape index (κ3) is 4.31. The van der Waals surface area contributed by atoms with E-state index in [0.29, 0.717) is 6.42 Å². The predicted octanol–water partition coefficient (Wildman–Crippen LogP) is 2.59. The first-order valence-electron chi connectivity index (χ1n) is 6.95. The molecule has 6 heteroatoms. The molecule has 0 aliphatic heterocycles. The van der Waals surface area contributed by atoms with Crippen LogP contribution >= 0.6 is 0 Å². The van der Waals surface area contributed by atoms with Crippen molar-refractivity contribution in [2.45, 2.75) is 12.5 Å². The van der Waals surface area contributed by atoms with Gasteiger partial charge in [0.1, 0.15) is 5.75 Å². The number of hydrogen-bond acceptors (Lipinski definition) is 4. The van der Waals surface area contributed by atoms with Gasteiger partial charge in [-0.1, -0.05) is 30.3 Å². The molecule has 1 atom stereocenters. The normalized spacial score (nSPS) is 11.7. The number of carboxylic acid groups (broad SMARTS) is 2. The average Bonchev–Trinajstić information content (AvgIpc) is 2.55. The first-order chi connectivity index (χ1) is 11.0. The topological polar surface area (TPSA) is 104 Å². The van der Waals surface area contributed by atoms with Crippen molar-refractivity contribution >= 4 is 11.9 Å². The van der Waals surface area contributed by atoms with Crippen molar-refractivity contribution < 1.29 is 29.6 Å². The number of hydrogen-bond donors (Lipinski definition) is 3. The van der Waals surface area contributed by atoms with Gasteiger partial charge in [-0.2, -0.15) is 0 Å². The highest BCUT2D eigenvalue weighted by Crippen LogP contribution is 2.20. The number of ether oxygens (including phenoxy) is 1. The molecule has 2 aromatic carbocycles. The van der Waals surface area contributed by atoms with Crippen molar-refractivity contribution in [2.75, 3.05) is 6.61 Å². The van der Waals surface area contributed by atoms with Crippen LogP contribution in [0.25, 0.3) is 0 Å². The van der Waals surface area contributed by atoms with Crippen molar-refractivity contribution in [3.05, 3.63) is 65.2 Å². The molecule has 2 aromatic rings. The van der Waals surface area contributed by atoms with Gasteiger partial charge in [0.2, 0.25) is 0 Å². The van der Waals surface area contributed by atoms with Crippen LogP contribution < -0.4 is 4.74 Å². The molecule has 0 spiro atoms. The molecule has 0 amide bonds. The number of aromatic carboxylic acids is 2. The van der Waals surface area contributed by atoms with E-state index >= 15 is 0 Å². The number of aliphatic hydroxyl groups is 1. The molecular weight excluding hydrogens is 300 g/mol. The number of benzene rings is 2. The fourth-order valence-corrected chi connectivity index (χ4v) is 2.11. The Morgan fingerprint density at radius 3 is 2.22 bits per heavy atom. The maximum atomic E-state index is 11.1. The fraction of sp³-hybridized carbons (Fsp3) is 0.176. The van der Waals surface area contributed by atoms with E-state index in [-0.39, 0.29) is 23.5 Å². The Hall–Kier alpha value is -2.86. The zero-order valence-electron chi connectivity index (χ0n) is 12.2. The van der Waals surface area contributed by atoms with Crippen LogP contribution in [0.5, 0.6) is 5.75 Å². The number of aliphatic hydroxyl groups excluding tert-OH is 1. The van der Waals surface area contributed by atoms with Gasteiger partial charge in [0.05, 0.1) is 23.8 Å². The van der Waals surface area contributed by atoms with Crippen LogP contribution in [0.4, 0.5) is 0 Å². The standard InChI is InChI=1S/C17H16O6/c18-15(11-4-2-1-3-5-11)8-9-23-12-6-7-13(16(19)20)14(10-12)17(21)22/h1-7,10,15,18H,8-9H2,(H,19,20)(H,21,22). The lowest BCUT2D eigenvalue weighted by Gasteiger charge is -2.12. The zero-order valence-corrected chi connectivity index (χ0v) is 12.2. The average molecular weight is 316 g/mol. The Bertz CT molecular complexity index is 695. The van der Waals surface area contributed by atoms with Crippen molar-refractivity contribution in [2.24, 2.45) is 0 Å². The highest BCUT2D eigenvalue weighted by molar-refractivity contribution is 6.01. The molecule has 0 radical (unpaired) electrons. The fourth-order valence-electron chi connectivity index (χ4n) is 2.11. The Morgan fingerprint density at radius 2 is 1.61 bits per heavy atom. The van der Waals surface area contributed by atoms with Crippen molar-refractivity contribution in [3.8, 4) is 5.75 Å². The SMILES string of the molecule is O=C(O)c1ccc(OCCC(O)c2ccccc2)cc1C(=O)O. The maximum absolute atomic E-state index is 11.1. The van der Waals surface area contributed by atoms with E-state index in [4.69, 9.17) is 14.9 Å². The molecule has 1 unspecified atom stereocenters. The molecule has 23 heavy (non-hydrogen) atoms. The minimum Gasteiger partial charge on any atom is -0.493 e. The van der Waals surface area contributed by atoms with Crippen molar-refractivity contribution in [3.63, 3.8) is 0 Å². The first kappa shape index (κ1) is 16.5. The zero-order chi connectivity index (χ0) is 16.8. The monoisotopic (exact) mass is 316 g/mol. The van der Waals surface area contributed by atoms with E-state index < -0.39 is 18.0 Å². The third-order valence-electron chi connectivity index (χ3n) is 3.30. The summed E-state index contributed by atoms with van der Waals surface area (Å²) >= 11 is 0. The Kier molecular flexibility index (Phi) is 5.32. The number of carboxylic acids is 2. The molecule has 120 valence electrons. The molecule has 0 aliphatic carbocycles. The van der Waals surface area contributed by atoms with Gasteiger partial charge in [-0.25, -0.2) is 9.59 Å². The largest absolute Gasteiger partial charge is 0.493 e. The molecule has 2 rings (SSSR count). The van der Waals surface area contributed by atoms with Gasteiger partial charge in [-0.3, -0.25) is 0 Å². The van der Waals surface area contributed by atoms with Crippen molar-refractivity contribution in [1.82, 2.24) is 0 Å². The second kappa shape index (κ2) is 7.42. The van der Waals surface area contributed by atoms with Gasteiger partial charge in [0.15, 0.2) is 0 Å².